The molecule has 0 radical (unpaired) electrons. The number of ether oxygens (including phenoxy) is 1. The summed E-state index contributed by atoms with van der Waals surface area (Å²) in [7, 11) is 0. The SMILES string of the molecule is O=C(NC1CC(C2CC2)Nc2ccc(C(F)(F)F)cc21)OCc1ccccc1. The molecule has 2 unspecified atom stereocenters. The molecule has 1 saturated carbocycles. The Hall–Kier alpha value is -2.70. The zero-order valence-electron chi connectivity index (χ0n) is 15.1. The van der Waals surface area contributed by atoms with Gasteiger partial charge in [0.1, 0.15) is 6.61 Å². The normalized spacial score (nSPS) is 21.4. The third kappa shape index (κ3) is 4.24. The second-order valence-corrected chi connectivity index (χ2v) is 7.38. The van der Waals surface area contributed by atoms with Gasteiger partial charge in [-0.2, -0.15) is 13.2 Å². The zero-order valence-corrected chi connectivity index (χ0v) is 15.1. The molecule has 2 atom stereocenters. The Bertz CT molecular complexity index is 850. The summed E-state index contributed by atoms with van der Waals surface area (Å²) in [6.45, 7) is 0.110. The molecule has 0 bridgehead atoms. The van der Waals surface area contributed by atoms with E-state index < -0.39 is 23.9 Å². The number of halogens is 3. The number of carbonyl (C=O) groups excluding carboxylic acids is 1. The van der Waals surface area contributed by atoms with E-state index >= 15 is 0 Å². The molecule has 1 aliphatic carbocycles. The van der Waals surface area contributed by atoms with Crippen LogP contribution in [-0.4, -0.2) is 12.1 Å². The van der Waals surface area contributed by atoms with E-state index in [0.29, 0.717) is 23.6 Å². The highest BCUT2D eigenvalue weighted by Crippen LogP contribution is 2.44. The van der Waals surface area contributed by atoms with Gasteiger partial charge in [-0.15, -0.1) is 0 Å². The third-order valence-corrected chi connectivity index (χ3v) is 5.28. The Kier molecular flexibility index (Phi) is 4.91. The number of alkyl halides is 3. The van der Waals surface area contributed by atoms with Crippen molar-refractivity contribution in [1.82, 2.24) is 5.32 Å². The van der Waals surface area contributed by atoms with Gasteiger partial charge in [0.05, 0.1) is 11.6 Å². The number of amides is 1. The molecule has 2 N–H and O–H groups in total. The van der Waals surface area contributed by atoms with Gasteiger partial charge < -0.3 is 15.4 Å². The van der Waals surface area contributed by atoms with Gasteiger partial charge in [0.2, 0.25) is 0 Å². The van der Waals surface area contributed by atoms with Gasteiger partial charge in [0.15, 0.2) is 0 Å². The summed E-state index contributed by atoms with van der Waals surface area (Å²) in [5.41, 5.74) is 1.22. The van der Waals surface area contributed by atoms with E-state index in [4.69, 9.17) is 4.74 Å². The summed E-state index contributed by atoms with van der Waals surface area (Å²) < 4.78 is 44.7. The second-order valence-electron chi connectivity index (χ2n) is 7.38. The first-order chi connectivity index (χ1) is 13.4. The maximum Gasteiger partial charge on any atom is 0.416 e. The van der Waals surface area contributed by atoms with E-state index in [1.807, 2.05) is 30.3 Å². The molecule has 1 fully saturated rings. The van der Waals surface area contributed by atoms with Crippen LogP contribution in [0.2, 0.25) is 0 Å². The van der Waals surface area contributed by atoms with Gasteiger partial charge in [-0.1, -0.05) is 30.3 Å². The minimum atomic E-state index is -4.43. The number of fused-ring (bicyclic) bond motifs is 1. The van der Waals surface area contributed by atoms with Crippen molar-refractivity contribution < 1.29 is 22.7 Å². The minimum Gasteiger partial charge on any atom is -0.445 e. The number of nitrogens with one attached hydrogen (secondary N) is 2. The Morgan fingerprint density at radius 3 is 2.57 bits per heavy atom. The first-order valence-corrected chi connectivity index (χ1v) is 9.35. The van der Waals surface area contributed by atoms with Crippen LogP contribution in [0.3, 0.4) is 0 Å². The van der Waals surface area contributed by atoms with Gasteiger partial charge in [-0.3, -0.25) is 0 Å². The van der Waals surface area contributed by atoms with Crippen LogP contribution in [0.25, 0.3) is 0 Å². The van der Waals surface area contributed by atoms with Crippen LogP contribution in [-0.2, 0) is 17.5 Å². The van der Waals surface area contributed by atoms with Gasteiger partial charge in [0, 0.05) is 11.7 Å². The Balaban J connectivity index is 1.50. The average molecular weight is 390 g/mol. The fraction of sp³-hybridized carbons (Fsp3) is 0.381. The molecule has 1 amide bonds. The summed E-state index contributed by atoms with van der Waals surface area (Å²) in [4.78, 5) is 12.3. The van der Waals surface area contributed by atoms with E-state index in [9.17, 15) is 18.0 Å². The number of hydrogen-bond acceptors (Lipinski definition) is 3. The third-order valence-electron chi connectivity index (χ3n) is 5.28. The van der Waals surface area contributed by atoms with Crippen LogP contribution in [0.1, 0.15) is 42.0 Å². The highest BCUT2D eigenvalue weighted by atomic mass is 19.4. The Morgan fingerprint density at radius 1 is 1.14 bits per heavy atom. The summed E-state index contributed by atoms with van der Waals surface area (Å²) in [5.74, 6) is 0.500. The molecule has 4 nitrogen and oxygen atoms in total. The lowest BCUT2D eigenvalue weighted by Gasteiger charge is -2.34. The van der Waals surface area contributed by atoms with E-state index in [0.717, 1.165) is 30.5 Å². The molecule has 2 aromatic rings. The van der Waals surface area contributed by atoms with E-state index in [-0.39, 0.29) is 12.6 Å². The van der Waals surface area contributed by atoms with Crippen LogP contribution in [0.15, 0.2) is 48.5 Å². The topological polar surface area (TPSA) is 50.4 Å². The molecule has 2 aromatic carbocycles. The van der Waals surface area contributed by atoms with Gasteiger partial charge >= 0.3 is 12.3 Å². The van der Waals surface area contributed by atoms with Crippen molar-refractivity contribution in [3.05, 3.63) is 65.2 Å². The van der Waals surface area contributed by atoms with E-state index in [1.165, 1.54) is 6.07 Å². The number of carbonyl (C=O) groups is 1. The molecule has 0 spiro atoms. The highest BCUT2D eigenvalue weighted by molar-refractivity contribution is 5.69. The van der Waals surface area contributed by atoms with Crippen LogP contribution < -0.4 is 10.6 Å². The first-order valence-electron chi connectivity index (χ1n) is 9.35. The first kappa shape index (κ1) is 18.7. The van der Waals surface area contributed by atoms with Crippen molar-refractivity contribution in [2.45, 2.75) is 44.1 Å². The van der Waals surface area contributed by atoms with E-state index in [2.05, 4.69) is 10.6 Å². The summed E-state index contributed by atoms with van der Waals surface area (Å²) in [6, 6.07) is 12.5. The summed E-state index contributed by atoms with van der Waals surface area (Å²) >= 11 is 0. The quantitative estimate of drug-likeness (QED) is 0.748. The largest absolute Gasteiger partial charge is 0.445 e. The standard InChI is InChI=1S/C21H21F3N2O2/c22-21(23,24)15-8-9-17-16(10-15)19(11-18(25-17)14-6-7-14)26-20(27)28-12-13-4-2-1-3-5-13/h1-5,8-10,14,18-19,25H,6-7,11-12H2,(H,26,27). The maximum atomic E-state index is 13.1. The molecule has 2 aliphatic rings. The van der Waals surface area contributed by atoms with Crippen molar-refractivity contribution in [2.24, 2.45) is 5.92 Å². The second kappa shape index (κ2) is 7.37. The lowest BCUT2D eigenvalue weighted by Crippen LogP contribution is -2.38. The Labute approximate surface area is 161 Å². The van der Waals surface area contributed by atoms with Crippen molar-refractivity contribution in [1.29, 1.82) is 0 Å². The lowest BCUT2D eigenvalue weighted by atomic mass is 9.89. The predicted octanol–water partition coefficient (Wildman–Crippen LogP) is 5.27. The molecule has 4 rings (SSSR count). The predicted molar refractivity (Wildman–Crippen MR) is 98.7 cm³/mol. The summed E-state index contributed by atoms with van der Waals surface area (Å²) in [5, 5.41) is 6.11. The fourth-order valence-electron chi connectivity index (χ4n) is 3.65. The molecular weight excluding hydrogens is 369 g/mol. The lowest BCUT2D eigenvalue weighted by molar-refractivity contribution is -0.137. The van der Waals surface area contributed by atoms with Gasteiger partial charge in [-0.25, -0.2) is 4.79 Å². The molecule has 0 aromatic heterocycles. The van der Waals surface area contributed by atoms with Crippen LogP contribution in [0.4, 0.5) is 23.7 Å². The van der Waals surface area contributed by atoms with Crippen LogP contribution in [0, 0.1) is 5.92 Å². The van der Waals surface area contributed by atoms with Gasteiger partial charge in [-0.05, 0) is 54.5 Å². The minimum absolute atomic E-state index is 0.110. The van der Waals surface area contributed by atoms with Crippen molar-refractivity contribution in [2.75, 3.05) is 5.32 Å². The molecule has 1 aliphatic heterocycles. The molecule has 1 heterocycles. The Morgan fingerprint density at radius 2 is 1.89 bits per heavy atom. The zero-order chi connectivity index (χ0) is 19.7. The number of hydrogen-bond donors (Lipinski definition) is 2. The summed E-state index contributed by atoms with van der Waals surface area (Å²) in [6.07, 6.45) is -2.33. The van der Waals surface area contributed by atoms with Crippen LogP contribution >= 0.6 is 0 Å². The van der Waals surface area contributed by atoms with Gasteiger partial charge in [0.25, 0.3) is 0 Å². The van der Waals surface area contributed by atoms with Crippen molar-refractivity contribution >= 4 is 11.8 Å². The average Bonchev–Trinajstić information content (AvgIpc) is 3.51. The smallest absolute Gasteiger partial charge is 0.416 e. The molecule has 7 heteroatoms. The monoisotopic (exact) mass is 390 g/mol. The molecule has 28 heavy (non-hydrogen) atoms. The number of anilines is 1. The van der Waals surface area contributed by atoms with Crippen molar-refractivity contribution in [3.63, 3.8) is 0 Å². The maximum absolute atomic E-state index is 13.1. The number of alkyl carbamates (subject to hydrolysis) is 1. The fourth-order valence-corrected chi connectivity index (χ4v) is 3.65. The molecule has 0 saturated heterocycles. The van der Waals surface area contributed by atoms with E-state index in [1.54, 1.807) is 0 Å². The molecular formula is C21H21F3N2O2. The number of rotatable bonds is 4. The van der Waals surface area contributed by atoms with Crippen molar-refractivity contribution in [3.8, 4) is 0 Å². The number of benzene rings is 2. The van der Waals surface area contributed by atoms with Crippen LogP contribution in [0.5, 0.6) is 0 Å². The molecule has 148 valence electrons. The highest BCUT2D eigenvalue weighted by Gasteiger charge is 2.39.